The van der Waals surface area contributed by atoms with Gasteiger partial charge in [0.25, 0.3) is 0 Å². The van der Waals surface area contributed by atoms with Crippen LogP contribution in [0.15, 0.2) is 60.2 Å². The van der Waals surface area contributed by atoms with Crippen LogP contribution < -0.4 is 9.64 Å². The Hall–Kier alpha value is -3.06. The van der Waals surface area contributed by atoms with Crippen molar-refractivity contribution in [1.29, 1.82) is 5.26 Å². The summed E-state index contributed by atoms with van der Waals surface area (Å²) in [7, 11) is 0. The van der Waals surface area contributed by atoms with Crippen LogP contribution in [0.5, 0.6) is 5.75 Å². The van der Waals surface area contributed by atoms with E-state index in [9.17, 15) is 4.79 Å². The molecule has 4 nitrogen and oxygen atoms in total. The van der Waals surface area contributed by atoms with E-state index < -0.39 is 6.09 Å². The molecular formula is C17H12N2O2. The van der Waals surface area contributed by atoms with Gasteiger partial charge in [-0.25, -0.2) is 4.79 Å². The van der Waals surface area contributed by atoms with Gasteiger partial charge in [-0.2, -0.15) is 5.26 Å². The Balaban J connectivity index is 1.90. The van der Waals surface area contributed by atoms with Gasteiger partial charge in [-0.3, -0.25) is 4.90 Å². The number of amides is 1. The summed E-state index contributed by atoms with van der Waals surface area (Å²) in [5, 5.41) is 9.11. The number of ether oxygens (including phenoxy) is 1. The lowest BCUT2D eigenvalue weighted by molar-refractivity contribution is 0.208. The summed E-state index contributed by atoms with van der Waals surface area (Å²) < 4.78 is 5.35. The maximum absolute atomic E-state index is 12.4. The highest BCUT2D eigenvalue weighted by Gasteiger charge is 2.24. The predicted molar refractivity (Wildman–Crippen MR) is 79.8 cm³/mol. The van der Waals surface area contributed by atoms with Gasteiger partial charge in [-0.15, -0.1) is 0 Å². The number of anilines is 1. The molecule has 0 saturated carbocycles. The molecule has 0 aliphatic carbocycles. The Morgan fingerprint density at radius 1 is 1.10 bits per heavy atom. The molecule has 0 N–H and O–H groups in total. The van der Waals surface area contributed by atoms with Crippen LogP contribution in [0.25, 0.3) is 6.08 Å². The molecule has 1 amide bonds. The molecule has 0 aromatic heterocycles. The number of para-hydroxylation sites is 2. The number of rotatable bonds is 1. The van der Waals surface area contributed by atoms with E-state index in [1.165, 1.54) is 4.90 Å². The van der Waals surface area contributed by atoms with Crippen molar-refractivity contribution in [1.82, 2.24) is 0 Å². The van der Waals surface area contributed by atoms with Crippen LogP contribution >= 0.6 is 0 Å². The minimum absolute atomic E-state index is 0.221. The van der Waals surface area contributed by atoms with E-state index >= 15 is 0 Å². The number of carbonyl (C=O) groups excluding carboxylic acids is 1. The molecule has 0 spiro atoms. The highest BCUT2D eigenvalue weighted by molar-refractivity contribution is 5.94. The average molecular weight is 276 g/mol. The molecule has 1 heterocycles. The Morgan fingerprint density at radius 3 is 2.57 bits per heavy atom. The van der Waals surface area contributed by atoms with Gasteiger partial charge in [-0.1, -0.05) is 36.4 Å². The second-order valence-electron chi connectivity index (χ2n) is 4.61. The predicted octanol–water partition coefficient (Wildman–Crippen LogP) is 3.61. The quantitative estimate of drug-likeness (QED) is 0.799. The van der Waals surface area contributed by atoms with E-state index in [4.69, 9.17) is 10.00 Å². The van der Waals surface area contributed by atoms with Crippen molar-refractivity contribution in [2.45, 2.75) is 0 Å². The molecule has 0 unspecified atom stereocenters. The summed E-state index contributed by atoms with van der Waals surface area (Å²) in [4.78, 5) is 13.8. The normalized spacial score (nSPS) is 12.9. The van der Waals surface area contributed by atoms with Crippen LogP contribution in [0.4, 0.5) is 10.5 Å². The SMILES string of the molecule is N#CC1=Cc2ccccc2N(C(=O)Oc2ccccc2)C1. The molecule has 0 radical (unpaired) electrons. The Bertz CT molecular complexity index is 745. The fourth-order valence-corrected chi connectivity index (χ4v) is 2.22. The molecule has 0 fully saturated rings. The summed E-state index contributed by atoms with van der Waals surface area (Å²) in [6, 6.07) is 18.4. The van der Waals surface area contributed by atoms with Crippen LogP contribution in [0.2, 0.25) is 0 Å². The fraction of sp³-hybridized carbons (Fsp3) is 0.0588. The summed E-state index contributed by atoms with van der Waals surface area (Å²) in [5.74, 6) is 0.480. The van der Waals surface area contributed by atoms with Gasteiger partial charge >= 0.3 is 6.09 Å². The van der Waals surface area contributed by atoms with Crippen molar-refractivity contribution in [2.75, 3.05) is 11.4 Å². The molecule has 4 heteroatoms. The first-order valence-electron chi connectivity index (χ1n) is 6.52. The summed E-state index contributed by atoms with van der Waals surface area (Å²) in [6.45, 7) is 0.221. The average Bonchev–Trinajstić information content (AvgIpc) is 2.54. The lowest BCUT2D eigenvalue weighted by Gasteiger charge is -2.26. The molecule has 2 aromatic rings. The van der Waals surface area contributed by atoms with Crippen molar-refractivity contribution in [3.05, 3.63) is 65.7 Å². The molecule has 2 aromatic carbocycles. The van der Waals surface area contributed by atoms with Crippen LogP contribution in [0.1, 0.15) is 5.56 Å². The fourth-order valence-electron chi connectivity index (χ4n) is 2.22. The molecule has 0 saturated heterocycles. The molecular weight excluding hydrogens is 264 g/mol. The topological polar surface area (TPSA) is 53.3 Å². The Kier molecular flexibility index (Phi) is 3.40. The third-order valence-corrected chi connectivity index (χ3v) is 3.20. The maximum Gasteiger partial charge on any atom is 0.420 e. The van der Waals surface area contributed by atoms with Gasteiger partial charge in [0.15, 0.2) is 0 Å². The highest BCUT2D eigenvalue weighted by Crippen LogP contribution is 2.29. The number of carbonyl (C=O) groups is 1. The first kappa shape index (κ1) is 12.9. The molecule has 1 aliphatic heterocycles. The van der Waals surface area contributed by atoms with Gasteiger partial charge in [0, 0.05) is 0 Å². The molecule has 0 bridgehead atoms. The van der Waals surface area contributed by atoms with Crippen LogP contribution in [0, 0.1) is 11.3 Å². The van der Waals surface area contributed by atoms with Crippen molar-refractivity contribution in [3.63, 3.8) is 0 Å². The van der Waals surface area contributed by atoms with E-state index in [2.05, 4.69) is 6.07 Å². The van der Waals surface area contributed by atoms with Gasteiger partial charge in [0.05, 0.1) is 23.9 Å². The van der Waals surface area contributed by atoms with Crippen molar-refractivity contribution < 1.29 is 9.53 Å². The van der Waals surface area contributed by atoms with Crippen LogP contribution in [0.3, 0.4) is 0 Å². The molecule has 102 valence electrons. The first-order chi connectivity index (χ1) is 10.3. The smallest absolute Gasteiger partial charge is 0.410 e. The van der Waals surface area contributed by atoms with E-state index in [0.717, 1.165) is 11.3 Å². The van der Waals surface area contributed by atoms with Crippen molar-refractivity contribution in [2.24, 2.45) is 0 Å². The number of nitriles is 1. The minimum atomic E-state index is -0.491. The van der Waals surface area contributed by atoms with E-state index in [-0.39, 0.29) is 6.54 Å². The van der Waals surface area contributed by atoms with Gasteiger partial charge < -0.3 is 4.74 Å². The van der Waals surface area contributed by atoms with Crippen LogP contribution in [-0.2, 0) is 0 Å². The third-order valence-electron chi connectivity index (χ3n) is 3.20. The zero-order valence-corrected chi connectivity index (χ0v) is 11.2. The molecule has 21 heavy (non-hydrogen) atoms. The standard InChI is InChI=1S/C17H12N2O2/c18-11-13-10-14-6-4-5-9-16(14)19(12-13)17(20)21-15-7-2-1-3-8-15/h1-10H,12H2. The van der Waals surface area contributed by atoms with E-state index in [1.54, 1.807) is 30.3 Å². The van der Waals surface area contributed by atoms with Crippen molar-refractivity contribution in [3.8, 4) is 11.8 Å². The van der Waals surface area contributed by atoms with Crippen LogP contribution in [-0.4, -0.2) is 12.6 Å². The zero-order valence-electron chi connectivity index (χ0n) is 11.2. The zero-order chi connectivity index (χ0) is 14.7. The summed E-state index contributed by atoms with van der Waals surface area (Å²) in [6.07, 6.45) is 1.30. The lowest BCUT2D eigenvalue weighted by Crippen LogP contribution is -2.37. The largest absolute Gasteiger partial charge is 0.420 e. The number of hydrogen-bond donors (Lipinski definition) is 0. The number of hydrogen-bond acceptors (Lipinski definition) is 3. The second-order valence-corrected chi connectivity index (χ2v) is 4.61. The molecule has 1 aliphatic rings. The van der Waals surface area contributed by atoms with Gasteiger partial charge in [0.1, 0.15) is 5.75 Å². The van der Waals surface area contributed by atoms with Crippen molar-refractivity contribution >= 4 is 17.9 Å². The number of fused-ring (bicyclic) bond motifs is 1. The summed E-state index contributed by atoms with van der Waals surface area (Å²) in [5.41, 5.74) is 2.11. The summed E-state index contributed by atoms with van der Waals surface area (Å²) >= 11 is 0. The monoisotopic (exact) mass is 276 g/mol. The van der Waals surface area contributed by atoms with Gasteiger partial charge in [0.2, 0.25) is 0 Å². The molecule has 0 atom stereocenters. The lowest BCUT2D eigenvalue weighted by atomic mass is 10.0. The molecule has 3 rings (SSSR count). The Morgan fingerprint density at radius 2 is 1.81 bits per heavy atom. The number of nitrogens with zero attached hydrogens (tertiary/aromatic N) is 2. The Labute approximate surface area is 122 Å². The van der Waals surface area contributed by atoms with Gasteiger partial charge in [-0.05, 0) is 29.8 Å². The minimum Gasteiger partial charge on any atom is -0.410 e. The van der Waals surface area contributed by atoms with E-state index in [0.29, 0.717) is 11.3 Å². The second kappa shape index (κ2) is 5.51. The van der Waals surface area contributed by atoms with E-state index in [1.807, 2.05) is 30.3 Å². The number of benzene rings is 2. The first-order valence-corrected chi connectivity index (χ1v) is 6.52. The maximum atomic E-state index is 12.4. The third kappa shape index (κ3) is 2.63. The highest BCUT2D eigenvalue weighted by atomic mass is 16.6.